The molecule has 0 aliphatic rings. The molecule has 5 nitrogen and oxygen atoms in total. The molecule has 0 bridgehead atoms. The standard InChI is InChI=1S/C12H15N3O2S/c1-9(7-15-4-3-13-8-15)14-6-10-2-5-18-11(10)12(16)17/h2-5,8-9,14H,6-7H2,1H3,(H,16,17). The van der Waals surface area contributed by atoms with Crippen molar-refractivity contribution < 1.29 is 9.90 Å². The maximum atomic E-state index is 11.0. The van der Waals surface area contributed by atoms with Crippen LogP contribution in [0.25, 0.3) is 0 Å². The summed E-state index contributed by atoms with van der Waals surface area (Å²) in [6.45, 7) is 3.44. The Bertz CT molecular complexity index is 507. The number of imidazole rings is 1. The van der Waals surface area contributed by atoms with Gasteiger partial charge in [-0.15, -0.1) is 11.3 Å². The van der Waals surface area contributed by atoms with Crippen molar-refractivity contribution in [2.24, 2.45) is 0 Å². The first-order valence-corrected chi connectivity index (χ1v) is 6.53. The average Bonchev–Trinajstić information content (AvgIpc) is 2.96. The lowest BCUT2D eigenvalue weighted by Crippen LogP contribution is -2.29. The average molecular weight is 265 g/mol. The summed E-state index contributed by atoms with van der Waals surface area (Å²) < 4.78 is 1.99. The number of hydrogen-bond acceptors (Lipinski definition) is 4. The monoisotopic (exact) mass is 265 g/mol. The van der Waals surface area contributed by atoms with Crippen molar-refractivity contribution >= 4 is 17.3 Å². The number of aromatic nitrogens is 2. The number of nitrogens with one attached hydrogen (secondary N) is 1. The zero-order chi connectivity index (χ0) is 13.0. The zero-order valence-electron chi connectivity index (χ0n) is 10.0. The Morgan fingerprint density at radius 3 is 3.17 bits per heavy atom. The zero-order valence-corrected chi connectivity index (χ0v) is 10.9. The van der Waals surface area contributed by atoms with E-state index in [-0.39, 0.29) is 6.04 Å². The number of aromatic carboxylic acids is 1. The molecule has 18 heavy (non-hydrogen) atoms. The van der Waals surface area contributed by atoms with Gasteiger partial charge in [0.1, 0.15) is 4.88 Å². The van der Waals surface area contributed by atoms with Crippen LogP contribution >= 0.6 is 11.3 Å². The van der Waals surface area contributed by atoms with E-state index in [1.807, 2.05) is 16.8 Å². The van der Waals surface area contributed by atoms with Gasteiger partial charge in [0.05, 0.1) is 6.33 Å². The Labute approximate surface area is 109 Å². The molecule has 0 amide bonds. The van der Waals surface area contributed by atoms with Crippen LogP contribution in [0.2, 0.25) is 0 Å². The van der Waals surface area contributed by atoms with Crippen molar-refractivity contribution in [3.63, 3.8) is 0 Å². The van der Waals surface area contributed by atoms with E-state index in [1.54, 1.807) is 17.9 Å². The first-order chi connectivity index (χ1) is 8.66. The molecule has 0 aromatic carbocycles. The number of carboxylic acid groups (broad SMARTS) is 1. The first kappa shape index (κ1) is 12.8. The molecule has 2 aromatic heterocycles. The van der Waals surface area contributed by atoms with Crippen LogP contribution in [-0.2, 0) is 13.1 Å². The molecule has 2 rings (SSSR count). The molecule has 0 saturated carbocycles. The minimum Gasteiger partial charge on any atom is -0.477 e. The highest BCUT2D eigenvalue weighted by atomic mass is 32.1. The molecule has 0 fully saturated rings. The van der Waals surface area contributed by atoms with Crippen LogP contribution in [0.5, 0.6) is 0 Å². The molecule has 2 aromatic rings. The number of thiophene rings is 1. The fraction of sp³-hybridized carbons (Fsp3) is 0.333. The van der Waals surface area contributed by atoms with Gasteiger partial charge < -0.3 is 15.0 Å². The normalized spacial score (nSPS) is 12.5. The molecular weight excluding hydrogens is 250 g/mol. The van der Waals surface area contributed by atoms with Gasteiger partial charge in [0.15, 0.2) is 0 Å². The number of rotatable bonds is 6. The third-order valence-electron chi connectivity index (χ3n) is 2.63. The van der Waals surface area contributed by atoms with Crippen molar-refractivity contribution in [3.05, 3.63) is 40.6 Å². The van der Waals surface area contributed by atoms with Crippen molar-refractivity contribution in [1.82, 2.24) is 14.9 Å². The van der Waals surface area contributed by atoms with Crippen LogP contribution in [0.15, 0.2) is 30.2 Å². The molecular formula is C12H15N3O2S. The van der Waals surface area contributed by atoms with Crippen molar-refractivity contribution in [2.75, 3.05) is 0 Å². The summed E-state index contributed by atoms with van der Waals surface area (Å²) in [5.74, 6) is -0.857. The van der Waals surface area contributed by atoms with Gasteiger partial charge in [-0.2, -0.15) is 0 Å². The molecule has 0 radical (unpaired) electrons. The molecule has 0 spiro atoms. The summed E-state index contributed by atoms with van der Waals surface area (Å²) in [5, 5.41) is 14.1. The summed E-state index contributed by atoms with van der Waals surface area (Å²) in [6.07, 6.45) is 5.42. The van der Waals surface area contributed by atoms with E-state index >= 15 is 0 Å². The Morgan fingerprint density at radius 2 is 2.50 bits per heavy atom. The summed E-state index contributed by atoms with van der Waals surface area (Å²) >= 11 is 1.26. The molecule has 0 aliphatic carbocycles. The SMILES string of the molecule is CC(Cn1ccnc1)NCc1ccsc1C(=O)O. The summed E-state index contributed by atoms with van der Waals surface area (Å²) in [6, 6.07) is 2.10. The van der Waals surface area contributed by atoms with Crippen LogP contribution in [0.1, 0.15) is 22.2 Å². The fourth-order valence-corrected chi connectivity index (χ4v) is 2.48. The number of carboxylic acids is 1. The van der Waals surface area contributed by atoms with E-state index in [0.717, 1.165) is 12.1 Å². The third kappa shape index (κ3) is 3.18. The first-order valence-electron chi connectivity index (χ1n) is 5.65. The highest BCUT2D eigenvalue weighted by molar-refractivity contribution is 7.12. The number of nitrogens with zero attached hydrogens (tertiary/aromatic N) is 2. The molecule has 96 valence electrons. The smallest absolute Gasteiger partial charge is 0.346 e. The third-order valence-corrected chi connectivity index (χ3v) is 3.57. The van der Waals surface area contributed by atoms with Gasteiger partial charge >= 0.3 is 5.97 Å². The number of carbonyl (C=O) groups is 1. The lowest BCUT2D eigenvalue weighted by Gasteiger charge is -2.14. The van der Waals surface area contributed by atoms with Crippen LogP contribution < -0.4 is 5.32 Å². The van der Waals surface area contributed by atoms with E-state index in [0.29, 0.717) is 11.4 Å². The largest absolute Gasteiger partial charge is 0.477 e. The highest BCUT2D eigenvalue weighted by Gasteiger charge is 2.12. The molecule has 0 saturated heterocycles. The van der Waals surface area contributed by atoms with Gasteiger partial charge in [0.25, 0.3) is 0 Å². The lowest BCUT2D eigenvalue weighted by molar-refractivity contribution is 0.0701. The Hall–Kier alpha value is -1.66. The summed E-state index contributed by atoms with van der Waals surface area (Å²) in [7, 11) is 0. The van der Waals surface area contributed by atoms with E-state index in [1.165, 1.54) is 11.3 Å². The maximum Gasteiger partial charge on any atom is 0.346 e. The van der Waals surface area contributed by atoms with E-state index < -0.39 is 5.97 Å². The minimum absolute atomic E-state index is 0.251. The van der Waals surface area contributed by atoms with E-state index in [2.05, 4.69) is 17.2 Å². The second-order valence-corrected chi connectivity index (χ2v) is 5.04. The van der Waals surface area contributed by atoms with Crippen molar-refractivity contribution in [2.45, 2.75) is 26.1 Å². The van der Waals surface area contributed by atoms with Crippen molar-refractivity contribution in [3.8, 4) is 0 Å². The predicted molar refractivity (Wildman–Crippen MR) is 69.8 cm³/mol. The molecule has 6 heteroatoms. The quantitative estimate of drug-likeness (QED) is 0.836. The topological polar surface area (TPSA) is 67.2 Å². The maximum absolute atomic E-state index is 11.0. The summed E-state index contributed by atoms with van der Waals surface area (Å²) in [5.41, 5.74) is 0.838. The minimum atomic E-state index is -0.857. The predicted octanol–water partition coefficient (Wildman–Crippen LogP) is 1.82. The molecule has 2 heterocycles. The van der Waals surface area contributed by atoms with Crippen LogP contribution in [0.3, 0.4) is 0 Å². The van der Waals surface area contributed by atoms with Gasteiger partial charge in [0, 0.05) is 31.5 Å². The van der Waals surface area contributed by atoms with Crippen LogP contribution in [0.4, 0.5) is 0 Å². The molecule has 2 N–H and O–H groups in total. The van der Waals surface area contributed by atoms with Crippen LogP contribution in [0, 0.1) is 0 Å². The Kier molecular flexibility index (Phi) is 4.11. The molecule has 1 atom stereocenters. The van der Waals surface area contributed by atoms with Gasteiger partial charge in [-0.05, 0) is 23.9 Å². The fourth-order valence-electron chi connectivity index (χ4n) is 1.72. The summed E-state index contributed by atoms with van der Waals surface area (Å²) in [4.78, 5) is 15.4. The van der Waals surface area contributed by atoms with Gasteiger partial charge in [-0.3, -0.25) is 0 Å². The highest BCUT2D eigenvalue weighted by Crippen LogP contribution is 2.16. The Morgan fingerprint density at radius 1 is 1.67 bits per heavy atom. The lowest BCUT2D eigenvalue weighted by atomic mass is 10.2. The Balaban J connectivity index is 1.87. The second kappa shape index (κ2) is 5.79. The molecule has 1 unspecified atom stereocenters. The second-order valence-electron chi connectivity index (χ2n) is 4.12. The van der Waals surface area contributed by atoms with Gasteiger partial charge in [-0.1, -0.05) is 0 Å². The van der Waals surface area contributed by atoms with E-state index in [9.17, 15) is 4.79 Å². The van der Waals surface area contributed by atoms with Crippen molar-refractivity contribution in [1.29, 1.82) is 0 Å². The molecule has 0 aliphatic heterocycles. The number of hydrogen-bond donors (Lipinski definition) is 2. The van der Waals surface area contributed by atoms with Crippen LogP contribution in [-0.4, -0.2) is 26.7 Å². The van der Waals surface area contributed by atoms with Gasteiger partial charge in [0.2, 0.25) is 0 Å². The van der Waals surface area contributed by atoms with E-state index in [4.69, 9.17) is 5.11 Å². The van der Waals surface area contributed by atoms with Gasteiger partial charge in [-0.25, -0.2) is 9.78 Å².